The number of aryl methyl sites for hydroxylation is 1. The summed E-state index contributed by atoms with van der Waals surface area (Å²) in [5.41, 5.74) is 1.02. The van der Waals surface area contributed by atoms with Crippen molar-refractivity contribution in [3.05, 3.63) is 29.8 Å². The maximum atomic E-state index is 11.7. The molecular weight excluding hydrogens is 278 g/mol. The van der Waals surface area contributed by atoms with Crippen LogP contribution in [0.1, 0.15) is 18.4 Å². The van der Waals surface area contributed by atoms with Crippen LogP contribution in [0.2, 0.25) is 0 Å². The fraction of sp³-hybridized carbons (Fsp3) is 0.533. The van der Waals surface area contributed by atoms with E-state index in [1.807, 2.05) is 31.2 Å². The molecule has 0 N–H and O–H groups in total. The molecule has 2 rings (SSSR count). The van der Waals surface area contributed by atoms with Gasteiger partial charge >= 0.3 is 5.97 Å². The highest BCUT2D eigenvalue weighted by molar-refractivity contribution is 5.71. The third-order valence-electron chi connectivity index (χ3n) is 3.40. The lowest BCUT2D eigenvalue weighted by molar-refractivity contribution is -0.153. The Morgan fingerprint density at radius 2 is 1.95 bits per heavy atom. The maximum absolute atomic E-state index is 11.7. The number of benzene rings is 1. The van der Waals surface area contributed by atoms with Gasteiger partial charge in [-0.3, -0.25) is 0 Å². The van der Waals surface area contributed by atoms with Crippen molar-refractivity contribution in [1.29, 1.82) is 0 Å². The van der Waals surface area contributed by atoms with Gasteiger partial charge in [-0.25, -0.2) is 4.79 Å². The molecule has 4 nitrogen and oxygen atoms in total. The average molecular weight is 299 g/mol. The second kappa shape index (κ2) is 8.12. The molecule has 112 valence electrons. The third-order valence-corrected chi connectivity index (χ3v) is 3.40. The minimum atomic E-state index is -0.280. The molecule has 0 saturated carbocycles. The first-order chi connectivity index (χ1) is 9.15. The summed E-state index contributed by atoms with van der Waals surface area (Å²) < 4.78 is 10.9. The van der Waals surface area contributed by atoms with Crippen molar-refractivity contribution < 1.29 is 26.7 Å². The van der Waals surface area contributed by atoms with Gasteiger partial charge in [-0.2, -0.15) is 0 Å². The number of nitrogens with zero attached hydrogens (tertiary/aromatic N) is 1. The highest BCUT2D eigenvalue weighted by Crippen LogP contribution is 2.17. The number of carbonyl (C=O) groups excluding carboxylic acids is 1. The molecule has 5 heteroatoms. The van der Waals surface area contributed by atoms with Gasteiger partial charge in [-0.1, -0.05) is 18.2 Å². The number of carbonyl (C=O) groups is 1. The van der Waals surface area contributed by atoms with Crippen LogP contribution in [-0.2, 0) is 9.53 Å². The molecule has 20 heavy (non-hydrogen) atoms. The summed E-state index contributed by atoms with van der Waals surface area (Å²) in [5.74, 6) is 0.459. The van der Waals surface area contributed by atoms with Gasteiger partial charge < -0.3 is 26.8 Å². The van der Waals surface area contributed by atoms with Crippen LogP contribution in [-0.4, -0.2) is 43.7 Å². The lowest BCUT2D eigenvalue weighted by atomic mass is 10.1. The van der Waals surface area contributed by atoms with Gasteiger partial charge in [0.2, 0.25) is 0 Å². The molecule has 0 atom stereocenters. The van der Waals surface area contributed by atoms with Gasteiger partial charge in [0.15, 0.2) is 6.61 Å². The molecule has 0 radical (unpaired) electrons. The zero-order chi connectivity index (χ0) is 13.7. The molecule has 1 saturated heterocycles. The molecular formula is C15H21ClNO3-. The summed E-state index contributed by atoms with van der Waals surface area (Å²) >= 11 is 0. The number of rotatable bonds is 4. The van der Waals surface area contributed by atoms with Crippen molar-refractivity contribution in [2.75, 3.05) is 26.7 Å². The molecule has 0 bridgehead atoms. The zero-order valence-electron chi connectivity index (χ0n) is 12.0. The number of halogens is 1. The van der Waals surface area contributed by atoms with E-state index in [1.165, 1.54) is 0 Å². The number of esters is 1. The molecule has 0 spiro atoms. The van der Waals surface area contributed by atoms with E-state index in [4.69, 9.17) is 9.47 Å². The molecule has 0 unspecified atom stereocenters. The van der Waals surface area contributed by atoms with Gasteiger partial charge in [0, 0.05) is 13.1 Å². The van der Waals surface area contributed by atoms with E-state index in [9.17, 15) is 4.79 Å². The fourth-order valence-corrected chi connectivity index (χ4v) is 2.18. The second-order valence-corrected chi connectivity index (χ2v) is 5.05. The van der Waals surface area contributed by atoms with Crippen molar-refractivity contribution in [2.45, 2.75) is 25.9 Å². The van der Waals surface area contributed by atoms with E-state index in [-0.39, 0.29) is 31.1 Å². The first-order valence-electron chi connectivity index (χ1n) is 6.71. The van der Waals surface area contributed by atoms with Crippen LogP contribution in [0.5, 0.6) is 5.75 Å². The SMILES string of the molecule is Cc1ccccc1OCC(=O)OC1CCN(C)CC1.[Cl-]. The number of piperidine rings is 1. The van der Waals surface area contributed by atoms with Crippen molar-refractivity contribution in [3.8, 4) is 5.75 Å². The van der Waals surface area contributed by atoms with Crippen LogP contribution < -0.4 is 17.1 Å². The third kappa shape index (κ3) is 5.02. The highest BCUT2D eigenvalue weighted by Gasteiger charge is 2.20. The molecule has 1 fully saturated rings. The van der Waals surface area contributed by atoms with Crippen molar-refractivity contribution >= 4 is 5.97 Å². The summed E-state index contributed by atoms with van der Waals surface area (Å²) in [5, 5.41) is 0. The summed E-state index contributed by atoms with van der Waals surface area (Å²) in [6, 6.07) is 7.65. The Balaban J connectivity index is 0.00000200. The predicted octanol–water partition coefficient (Wildman–Crippen LogP) is -0.985. The van der Waals surface area contributed by atoms with Gasteiger partial charge in [-0.05, 0) is 38.4 Å². The van der Waals surface area contributed by atoms with Crippen molar-refractivity contribution in [1.82, 2.24) is 4.90 Å². The predicted molar refractivity (Wildman–Crippen MR) is 73.3 cm³/mol. The number of para-hydroxylation sites is 1. The highest BCUT2D eigenvalue weighted by atomic mass is 35.5. The van der Waals surface area contributed by atoms with Crippen LogP contribution >= 0.6 is 0 Å². The minimum Gasteiger partial charge on any atom is -1.00 e. The van der Waals surface area contributed by atoms with Crippen LogP contribution in [0.15, 0.2) is 24.3 Å². The zero-order valence-corrected chi connectivity index (χ0v) is 12.7. The first kappa shape index (κ1) is 16.8. The van der Waals surface area contributed by atoms with Gasteiger partial charge in [0.25, 0.3) is 0 Å². The summed E-state index contributed by atoms with van der Waals surface area (Å²) in [6.45, 7) is 3.90. The molecule has 0 aliphatic carbocycles. The number of hydrogen-bond acceptors (Lipinski definition) is 4. The minimum absolute atomic E-state index is 0. The Morgan fingerprint density at radius 3 is 2.60 bits per heavy atom. The normalized spacial score (nSPS) is 16.3. The molecule has 1 aliphatic heterocycles. The van der Waals surface area contributed by atoms with E-state index >= 15 is 0 Å². The van der Waals surface area contributed by atoms with E-state index in [1.54, 1.807) is 0 Å². The topological polar surface area (TPSA) is 38.8 Å². The Labute approximate surface area is 126 Å². The maximum Gasteiger partial charge on any atom is 0.344 e. The lowest BCUT2D eigenvalue weighted by Crippen LogP contribution is -3.00. The Hall–Kier alpha value is -1.26. The molecule has 1 aromatic rings. The van der Waals surface area contributed by atoms with Crippen molar-refractivity contribution in [2.24, 2.45) is 0 Å². The van der Waals surface area contributed by atoms with E-state index in [2.05, 4.69) is 11.9 Å². The number of hydrogen-bond donors (Lipinski definition) is 0. The first-order valence-corrected chi connectivity index (χ1v) is 6.71. The van der Waals surface area contributed by atoms with Crippen LogP contribution in [0.4, 0.5) is 0 Å². The lowest BCUT2D eigenvalue weighted by Gasteiger charge is -2.28. The van der Waals surface area contributed by atoms with E-state index in [0.717, 1.165) is 37.2 Å². The Morgan fingerprint density at radius 1 is 1.30 bits per heavy atom. The van der Waals surface area contributed by atoms with Gasteiger partial charge in [-0.15, -0.1) is 0 Å². The smallest absolute Gasteiger partial charge is 0.344 e. The molecule has 1 aromatic carbocycles. The summed E-state index contributed by atoms with van der Waals surface area (Å²) in [6.07, 6.45) is 1.86. The largest absolute Gasteiger partial charge is 1.00 e. The quantitative estimate of drug-likeness (QED) is 0.670. The fourth-order valence-electron chi connectivity index (χ4n) is 2.18. The van der Waals surface area contributed by atoms with Crippen LogP contribution in [0, 0.1) is 6.92 Å². The number of ether oxygens (including phenoxy) is 2. The molecule has 0 aromatic heterocycles. The van der Waals surface area contributed by atoms with Crippen molar-refractivity contribution in [3.63, 3.8) is 0 Å². The Bertz CT molecular complexity index is 431. The standard InChI is InChI=1S/C15H21NO3.ClH/c1-12-5-3-4-6-14(12)18-11-15(17)19-13-7-9-16(2)10-8-13;/h3-6,13H,7-11H2,1-2H3;1H/p-1. The number of likely N-dealkylation sites (tertiary alicyclic amines) is 1. The second-order valence-electron chi connectivity index (χ2n) is 5.05. The van der Waals surface area contributed by atoms with Gasteiger partial charge in [0.05, 0.1) is 0 Å². The summed E-state index contributed by atoms with van der Waals surface area (Å²) in [4.78, 5) is 14.0. The molecule has 0 amide bonds. The summed E-state index contributed by atoms with van der Waals surface area (Å²) in [7, 11) is 2.08. The monoisotopic (exact) mass is 298 g/mol. The van der Waals surface area contributed by atoms with E-state index < -0.39 is 0 Å². The van der Waals surface area contributed by atoms with E-state index in [0.29, 0.717) is 0 Å². The average Bonchev–Trinajstić information content (AvgIpc) is 2.40. The van der Waals surface area contributed by atoms with Crippen LogP contribution in [0.3, 0.4) is 0 Å². The Kier molecular flexibility index (Phi) is 6.82. The molecule has 1 aliphatic rings. The molecule has 1 heterocycles. The van der Waals surface area contributed by atoms with Gasteiger partial charge in [0.1, 0.15) is 11.9 Å². The van der Waals surface area contributed by atoms with Crippen LogP contribution in [0.25, 0.3) is 0 Å².